The number of nitriles is 1. The second-order valence-electron chi connectivity index (χ2n) is 4.41. The van der Waals surface area contributed by atoms with E-state index >= 15 is 0 Å². The van der Waals surface area contributed by atoms with E-state index in [2.05, 4.69) is 6.07 Å². The van der Waals surface area contributed by atoms with Gasteiger partial charge < -0.3 is 0 Å². The van der Waals surface area contributed by atoms with Gasteiger partial charge in [-0.1, -0.05) is 0 Å². The number of benzene rings is 1. The van der Waals surface area contributed by atoms with Crippen LogP contribution in [-0.2, 0) is 5.41 Å². The van der Waals surface area contributed by atoms with Gasteiger partial charge in [0.1, 0.15) is 0 Å². The molecule has 0 N–H and O–H groups in total. The Labute approximate surface area is 93.7 Å². The van der Waals surface area contributed by atoms with Crippen LogP contribution < -0.4 is 0 Å². The molecule has 4 nitrogen and oxygen atoms in total. The van der Waals surface area contributed by atoms with E-state index in [0.29, 0.717) is 11.1 Å². The van der Waals surface area contributed by atoms with E-state index < -0.39 is 0 Å². The van der Waals surface area contributed by atoms with Crippen LogP contribution in [0.2, 0.25) is 0 Å². The van der Waals surface area contributed by atoms with Gasteiger partial charge in [0.25, 0.3) is 5.69 Å². The molecule has 4 heteroatoms. The molecule has 0 saturated heterocycles. The van der Waals surface area contributed by atoms with Crippen LogP contribution in [0, 0.1) is 35.3 Å². The first kappa shape index (κ1) is 10.6. The molecule has 82 valence electrons. The highest BCUT2D eigenvalue weighted by Gasteiger charge is 2.45. The van der Waals surface area contributed by atoms with E-state index in [4.69, 9.17) is 5.26 Å². The van der Waals surface area contributed by atoms with E-state index in [1.54, 1.807) is 26.0 Å². The summed E-state index contributed by atoms with van der Waals surface area (Å²) < 4.78 is 0. The number of nitrogens with zero attached hydrogens (tertiary/aromatic N) is 2. The topological polar surface area (TPSA) is 66.9 Å². The number of nitro benzene ring substituents is 1. The maximum atomic E-state index is 10.8. The van der Waals surface area contributed by atoms with Gasteiger partial charge in [-0.25, -0.2) is 0 Å². The Hall–Kier alpha value is -1.89. The molecule has 16 heavy (non-hydrogen) atoms. The van der Waals surface area contributed by atoms with E-state index in [0.717, 1.165) is 18.4 Å². The Morgan fingerprint density at radius 3 is 2.19 bits per heavy atom. The average molecular weight is 216 g/mol. The molecule has 0 unspecified atom stereocenters. The zero-order valence-corrected chi connectivity index (χ0v) is 9.28. The molecule has 0 bridgehead atoms. The molecule has 0 spiro atoms. The second-order valence-corrected chi connectivity index (χ2v) is 4.41. The Morgan fingerprint density at radius 2 is 1.88 bits per heavy atom. The largest absolute Gasteiger partial charge is 0.275 e. The van der Waals surface area contributed by atoms with Crippen molar-refractivity contribution in [2.45, 2.75) is 32.1 Å². The summed E-state index contributed by atoms with van der Waals surface area (Å²) in [4.78, 5) is 10.5. The third kappa shape index (κ3) is 1.45. The van der Waals surface area contributed by atoms with E-state index in [1.165, 1.54) is 0 Å². The Kier molecular flexibility index (Phi) is 2.20. The fourth-order valence-corrected chi connectivity index (χ4v) is 2.11. The summed E-state index contributed by atoms with van der Waals surface area (Å²) in [6.07, 6.45) is 1.72. The first-order valence-electron chi connectivity index (χ1n) is 5.17. The molecule has 1 fully saturated rings. The van der Waals surface area contributed by atoms with E-state index in [9.17, 15) is 10.1 Å². The van der Waals surface area contributed by atoms with Crippen molar-refractivity contribution in [1.29, 1.82) is 5.26 Å². The minimum Gasteiger partial charge on any atom is -0.258 e. The first-order chi connectivity index (χ1) is 7.50. The fraction of sp³-hybridized carbons (Fsp3) is 0.417. The lowest BCUT2D eigenvalue weighted by molar-refractivity contribution is -0.386. The highest BCUT2D eigenvalue weighted by molar-refractivity contribution is 5.53. The van der Waals surface area contributed by atoms with Gasteiger partial charge >= 0.3 is 0 Å². The SMILES string of the molecule is Cc1cc(C2(C#N)CC2)cc(C)c1[N+](=O)[O-]. The summed E-state index contributed by atoms with van der Waals surface area (Å²) in [6, 6.07) is 5.86. The Morgan fingerprint density at radius 1 is 1.38 bits per heavy atom. The van der Waals surface area contributed by atoms with E-state index in [1.807, 2.05) is 0 Å². The molecule has 2 rings (SSSR count). The predicted octanol–water partition coefficient (Wildman–Crippen LogP) is 2.77. The Bertz CT molecular complexity index is 487. The molecule has 1 saturated carbocycles. The fourth-order valence-electron chi connectivity index (χ4n) is 2.11. The summed E-state index contributed by atoms with van der Waals surface area (Å²) in [6.45, 7) is 3.45. The summed E-state index contributed by atoms with van der Waals surface area (Å²) in [5, 5.41) is 19.9. The summed E-state index contributed by atoms with van der Waals surface area (Å²) in [5.41, 5.74) is 2.00. The molecule has 0 aliphatic heterocycles. The van der Waals surface area contributed by atoms with Crippen LogP contribution in [0.25, 0.3) is 0 Å². The van der Waals surface area contributed by atoms with Gasteiger partial charge in [-0.3, -0.25) is 10.1 Å². The number of rotatable bonds is 2. The van der Waals surface area contributed by atoms with Gasteiger partial charge in [0.15, 0.2) is 0 Å². The maximum Gasteiger partial charge on any atom is 0.275 e. The van der Waals surface area contributed by atoms with Crippen LogP contribution in [0.3, 0.4) is 0 Å². The molecule has 1 aromatic carbocycles. The third-order valence-corrected chi connectivity index (χ3v) is 3.19. The highest BCUT2D eigenvalue weighted by atomic mass is 16.6. The van der Waals surface area contributed by atoms with Gasteiger partial charge in [0, 0.05) is 11.1 Å². The van der Waals surface area contributed by atoms with Crippen LogP contribution in [0.4, 0.5) is 5.69 Å². The minimum absolute atomic E-state index is 0.164. The molecule has 0 heterocycles. The molecule has 1 aromatic rings. The van der Waals surface area contributed by atoms with Gasteiger partial charge in [-0.15, -0.1) is 0 Å². The number of aryl methyl sites for hydroxylation is 2. The highest BCUT2D eigenvalue weighted by Crippen LogP contribution is 2.48. The first-order valence-corrected chi connectivity index (χ1v) is 5.17. The number of hydrogen-bond donors (Lipinski definition) is 0. The van der Waals surface area contributed by atoms with Crippen molar-refractivity contribution in [2.24, 2.45) is 0 Å². The maximum absolute atomic E-state index is 10.8. The van der Waals surface area contributed by atoms with Crippen LogP contribution in [0.15, 0.2) is 12.1 Å². The molecular weight excluding hydrogens is 204 g/mol. The molecule has 0 radical (unpaired) electrons. The van der Waals surface area contributed by atoms with Gasteiger partial charge in [0.2, 0.25) is 0 Å². The zero-order chi connectivity index (χ0) is 11.9. The number of hydrogen-bond acceptors (Lipinski definition) is 3. The van der Waals surface area contributed by atoms with Crippen LogP contribution in [-0.4, -0.2) is 4.92 Å². The van der Waals surface area contributed by atoms with Crippen molar-refractivity contribution in [1.82, 2.24) is 0 Å². The zero-order valence-electron chi connectivity index (χ0n) is 9.28. The van der Waals surface area contributed by atoms with E-state index in [-0.39, 0.29) is 16.0 Å². The quantitative estimate of drug-likeness (QED) is 0.563. The monoisotopic (exact) mass is 216 g/mol. The van der Waals surface area contributed by atoms with Gasteiger partial charge in [-0.05, 0) is 44.4 Å². The molecular formula is C12H12N2O2. The van der Waals surface area contributed by atoms with Crippen molar-refractivity contribution in [3.63, 3.8) is 0 Å². The predicted molar refractivity (Wildman–Crippen MR) is 59.1 cm³/mol. The van der Waals surface area contributed by atoms with Crippen molar-refractivity contribution in [3.8, 4) is 6.07 Å². The lowest BCUT2D eigenvalue weighted by Gasteiger charge is -2.09. The Balaban J connectivity index is 2.55. The van der Waals surface area contributed by atoms with Crippen molar-refractivity contribution >= 4 is 5.69 Å². The lowest BCUT2D eigenvalue weighted by atomic mass is 9.93. The number of nitro groups is 1. The molecule has 1 aliphatic carbocycles. The van der Waals surface area contributed by atoms with Crippen molar-refractivity contribution < 1.29 is 4.92 Å². The van der Waals surface area contributed by atoms with Gasteiger partial charge in [-0.2, -0.15) is 5.26 Å². The van der Waals surface area contributed by atoms with Crippen LogP contribution >= 0.6 is 0 Å². The van der Waals surface area contributed by atoms with Crippen LogP contribution in [0.1, 0.15) is 29.5 Å². The van der Waals surface area contributed by atoms with Gasteiger partial charge in [0.05, 0.1) is 16.4 Å². The molecule has 0 amide bonds. The molecule has 0 atom stereocenters. The van der Waals surface area contributed by atoms with Crippen molar-refractivity contribution in [3.05, 3.63) is 38.9 Å². The summed E-state index contributed by atoms with van der Waals surface area (Å²) in [7, 11) is 0. The smallest absolute Gasteiger partial charge is 0.258 e. The second kappa shape index (κ2) is 3.31. The standard InChI is InChI=1S/C12H12N2O2/c1-8-5-10(12(7-13)3-4-12)6-9(2)11(8)14(15)16/h5-6H,3-4H2,1-2H3. The summed E-state index contributed by atoms with van der Waals surface area (Å²) >= 11 is 0. The molecule has 1 aliphatic rings. The minimum atomic E-state index is -0.370. The van der Waals surface area contributed by atoms with Crippen LogP contribution in [0.5, 0.6) is 0 Å². The third-order valence-electron chi connectivity index (χ3n) is 3.19. The molecule has 0 aromatic heterocycles. The normalized spacial score (nSPS) is 16.6. The average Bonchev–Trinajstić information content (AvgIpc) is 2.96. The van der Waals surface area contributed by atoms with Crippen molar-refractivity contribution in [2.75, 3.05) is 0 Å². The summed E-state index contributed by atoms with van der Waals surface area (Å²) in [5.74, 6) is 0. The lowest BCUT2D eigenvalue weighted by Crippen LogP contribution is -2.05.